The van der Waals surface area contributed by atoms with Gasteiger partial charge in [-0.3, -0.25) is 24.2 Å². The predicted octanol–water partition coefficient (Wildman–Crippen LogP) is 4.58. The van der Waals surface area contributed by atoms with Gasteiger partial charge in [0.2, 0.25) is 5.91 Å². The Balaban J connectivity index is 1.61. The normalized spacial score (nSPS) is 17.3. The summed E-state index contributed by atoms with van der Waals surface area (Å²) >= 11 is 8.09. The second-order valence-electron chi connectivity index (χ2n) is 9.98. The fourth-order valence-electron chi connectivity index (χ4n) is 5.09. The molecule has 222 valence electrons. The summed E-state index contributed by atoms with van der Waals surface area (Å²) in [7, 11) is 2.44. The van der Waals surface area contributed by atoms with Crippen LogP contribution in [0.3, 0.4) is 0 Å². The molecule has 2 aromatic carbocycles. The zero-order valence-corrected chi connectivity index (χ0v) is 26.3. The number of carbonyl (C=O) groups is 5. The van der Waals surface area contributed by atoms with Crippen molar-refractivity contribution in [3.05, 3.63) is 73.2 Å². The van der Waals surface area contributed by atoms with Crippen LogP contribution in [0.2, 0.25) is 0 Å². The number of methoxy groups -OCH3 is 2. The van der Waals surface area contributed by atoms with Crippen LogP contribution in [0.4, 0.5) is 5.69 Å². The summed E-state index contributed by atoms with van der Waals surface area (Å²) in [5, 5.41) is 0. The summed E-state index contributed by atoms with van der Waals surface area (Å²) < 4.78 is 16.1. The molecule has 0 bridgehead atoms. The molecule has 10 nitrogen and oxygen atoms in total. The van der Waals surface area contributed by atoms with Gasteiger partial charge in [0.15, 0.2) is 0 Å². The minimum absolute atomic E-state index is 0.0640. The van der Waals surface area contributed by atoms with Gasteiger partial charge in [-0.25, -0.2) is 9.59 Å². The van der Waals surface area contributed by atoms with E-state index < -0.39 is 41.7 Å². The first-order valence-electron chi connectivity index (χ1n) is 13.1. The van der Waals surface area contributed by atoms with Crippen molar-refractivity contribution >= 4 is 81.5 Å². The predicted molar refractivity (Wildman–Crippen MR) is 167 cm³/mol. The summed E-state index contributed by atoms with van der Waals surface area (Å²) in [5.74, 6) is -2.50. The van der Waals surface area contributed by atoms with Gasteiger partial charge in [0.1, 0.15) is 22.1 Å². The number of thioether (sulfide) groups is 2. The van der Waals surface area contributed by atoms with Crippen LogP contribution in [0.15, 0.2) is 56.5 Å². The lowest BCUT2D eigenvalue weighted by Crippen LogP contribution is -2.58. The first kappa shape index (κ1) is 30.5. The number of esters is 2. The molecule has 0 spiro atoms. The number of thiocarbonyl (C=S) groups is 1. The third-order valence-corrected chi connectivity index (χ3v) is 10.4. The van der Waals surface area contributed by atoms with Gasteiger partial charge in [-0.1, -0.05) is 47.9 Å². The van der Waals surface area contributed by atoms with E-state index in [1.54, 1.807) is 56.3 Å². The molecule has 0 aliphatic carbocycles. The number of hydrogen-bond acceptors (Lipinski definition) is 11. The number of carbonyl (C=O) groups excluding carboxylic acids is 5. The zero-order valence-electron chi connectivity index (χ0n) is 23.8. The lowest BCUT2D eigenvalue weighted by atomic mass is 9.83. The standard InChI is InChI=1S/C30H26N2O8S3/c1-6-40-15-11-12-19-18(13-15)21(29-42-22(27(36)38-4)23(43-29)28(37)39-5)24(41)30(2,3)32(19)20(33)14-31-25(34)16-9-7-8-10-17(16)26(31)35/h7-13H,6,14H2,1-5H3. The van der Waals surface area contributed by atoms with Crippen LogP contribution in [0.1, 0.15) is 47.1 Å². The molecule has 0 radical (unpaired) electrons. The van der Waals surface area contributed by atoms with Crippen molar-refractivity contribution in [3.63, 3.8) is 0 Å². The molecule has 5 rings (SSSR count). The van der Waals surface area contributed by atoms with Gasteiger partial charge in [0, 0.05) is 11.1 Å². The lowest BCUT2D eigenvalue weighted by molar-refractivity contribution is -0.138. The summed E-state index contributed by atoms with van der Waals surface area (Å²) in [4.78, 5) is 68.3. The highest BCUT2D eigenvalue weighted by atomic mass is 32.2. The maximum Gasteiger partial charge on any atom is 0.346 e. The van der Waals surface area contributed by atoms with Crippen LogP contribution < -0.4 is 9.64 Å². The molecule has 0 saturated heterocycles. The second kappa shape index (κ2) is 11.6. The average molecular weight is 639 g/mol. The van der Waals surface area contributed by atoms with Crippen LogP contribution in [0, 0.1) is 0 Å². The molecule has 2 aromatic rings. The summed E-state index contributed by atoms with van der Waals surface area (Å²) in [5.41, 5.74) is 0.876. The Morgan fingerprint density at radius 3 is 1.95 bits per heavy atom. The maximum atomic E-state index is 14.1. The Labute approximate surface area is 261 Å². The van der Waals surface area contributed by atoms with E-state index >= 15 is 0 Å². The number of benzene rings is 2. The molecule has 3 aliphatic rings. The van der Waals surface area contributed by atoms with Crippen molar-refractivity contribution in [2.45, 2.75) is 26.3 Å². The summed E-state index contributed by atoms with van der Waals surface area (Å²) in [6.45, 7) is 5.24. The Hall–Kier alpha value is -3.94. The molecule has 3 heterocycles. The number of imide groups is 1. The fourth-order valence-corrected chi connectivity index (χ4v) is 8.12. The van der Waals surface area contributed by atoms with E-state index in [0.717, 1.165) is 28.4 Å². The Kier molecular flexibility index (Phi) is 8.25. The monoisotopic (exact) mass is 638 g/mol. The second-order valence-corrected chi connectivity index (χ2v) is 12.7. The number of ether oxygens (including phenoxy) is 3. The van der Waals surface area contributed by atoms with Crippen molar-refractivity contribution in [2.24, 2.45) is 0 Å². The molecule has 13 heteroatoms. The first-order valence-corrected chi connectivity index (χ1v) is 15.1. The van der Waals surface area contributed by atoms with E-state index in [1.165, 1.54) is 19.1 Å². The van der Waals surface area contributed by atoms with Crippen LogP contribution in [-0.4, -0.2) is 72.3 Å². The molecule has 0 N–H and O–H groups in total. The molecular formula is C30H26N2O8S3. The van der Waals surface area contributed by atoms with Gasteiger partial charge < -0.3 is 14.2 Å². The maximum absolute atomic E-state index is 14.1. The lowest BCUT2D eigenvalue weighted by Gasteiger charge is -2.45. The molecule has 3 aliphatic heterocycles. The Morgan fingerprint density at radius 1 is 0.884 bits per heavy atom. The molecule has 0 aromatic heterocycles. The van der Waals surface area contributed by atoms with E-state index in [4.69, 9.17) is 26.4 Å². The van der Waals surface area contributed by atoms with Gasteiger partial charge in [-0.2, -0.15) is 0 Å². The number of fused-ring (bicyclic) bond motifs is 2. The molecule has 0 atom stereocenters. The van der Waals surface area contributed by atoms with Gasteiger partial charge in [0.05, 0.1) is 52.3 Å². The van der Waals surface area contributed by atoms with Crippen LogP contribution in [-0.2, 0) is 23.9 Å². The average Bonchev–Trinajstić information content (AvgIpc) is 3.53. The topological polar surface area (TPSA) is 120 Å². The fraction of sp³-hybridized carbons (Fsp3) is 0.267. The molecule has 0 saturated carbocycles. The zero-order chi connectivity index (χ0) is 31.2. The van der Waals surface area contributed by atoms with E-state index in [1.807, 2.05) is 6.92 Å². The van der Waals surface area contributed by atoms with Gasteiger partial charge in [-0.15, -0.1) is 0 Å². The van der Waals surface area contributed by atoms with Gasteiger partial charge >= 0.3 is 11.9 Å². The number of rotatable bonds is 6. The third-order valence-electron chi connectivity index (χ3n) is 7.09. The molecular weight excluding hydrogens is 613 g/mol. The minimum atomic E-state index is -1.13. The van der Waals surface area contributed by atoms with Crippen molar-refractivity contribution in [3.8, 4) is 5.75 Å². The van der Waals surface area contributed by atoms with E-state index in [2.05, 4.69) is 0 Å². The number of nitrogens with zero attached hydrogens (tertiary/aromatic N) is 2. The number of anilines is 1. The van der Waals surface area contributed by atoms with E-state index in [9.17, 15) is 24.0 Å². The van der Waals surface area contributed by atoms with Crippen molar-refractivity contribution in [2.75, 3.05) is 32.3 Å². The largest absolute Gasteiger partial charge is 0.494 e. The Bertz CT molecular complexity index is 1630. The minimum Gasteiger partial charge on any atom is -0.494 e. The van der Waals surface area contributed by atoms with Crippen molar-refractivity contribution < 1.29 is 38.2 Å². The van der Waals surface area contributed by atoms with E-state index in [-0.39, 0.29) is 20.9 Å². The molecule has 43 heavy (non-hydrogen) atoms. The van der Waals surface area contributed by atoms with E-state index in [0.29, 0.717) is 38.3 Å². The Morgan fingerprint density at radius 2 is 1.44 bits per heavy atom. The highest BCUT2D eigenvalue weighted by molar-refractivity contribution is 8.29. The highest BCUT2D eigenvalue weighted by Crippen LogP contribution is 2.56. The molecule has 0 unspecified atom stereocenters. The van der Waals surface area contributed by atoms with Crippen LogP contribution in [0.25, 0.3) is 5.57 Å². The van der Waals surface area contributed by atoms with Gasteiger partial charge in [-0.05, 0) is 51.1 Å². The SMILES string of the molecule is CCOc1ccc2c(c1)C(=C1SC(C(=O)OC)=C(C(=O)OC)S1)C(=S)C(C)(C)N2C(=O)CN1C(=O)c2ccccc2C1=O. The third kappa shape index (κ3) is 5.04. The number of amides is 3. The van der Waals surface area contributed by atoms with Gasteiger partial charge in [0.25, 0.3) is 11.8 Å². The van der Waals surface area contributed by atoms with Crippen LogP contribution in [0.5, 0.6) is 5.75 Å². The molecule has 0 fully saturated rings. The van der Waals surface area contributed by atoms with Crippen LogP contribution >= 0.6 is 35.7 Å². The summed E-state index contributed by atoms with van der Waals surface area (Å²) in [6.07, 6.45) is 0. The highest BCUT2D eigenvalue weighted by Gasteiger charge is 2.47. The first-order chi connectivity index (χ1) is 20.5. The van der Waals surface area contributed by atoms with Crippen molar-refractivity contribution in [1.82, 2.24) is 4.90 Å². The number of hydrogen-bond donors (Lipinski definition) is 0. The molecule has 3 amide bonds. The smallest absolute Gasteiger partial charge is 0.346 e. The van der Waals surface area contributed by atoms with Crippen molar-refractivity contribution in [1.29, 1.82) is 0 Å². The quantitative estimate of drug-likeness (QED) is 0.191. The summed E-state index contributed by atoms with van der Waals surface area (Å²) in [6, 6.07) is 11.6.